The normalized spacial score (nSPS) is 13.8. The number of nitrogens with two attached hydrogens (primary N) is 1. The number of rotatable bonds is 9. The van der Waals surface area contributed by atoms with Crippen LogP contribution in [0.5, 0.6) is 5.75 Å². The number of nitrogens with one attached hydrogen (secondary N) is 3. The molecule has 9 nitrogen and oxygen atoms in total. The molecule has 0 radical (unpaired) electrons. The van der Waals surface area contributed by atoms with Gasteiger partial charge in [0.2, 0.25) is 11.8 Å². The first-order valence-corrected chi connectivity index (χ1v) is 10.2. The van der Waals surface area contributed by atoms with E-state index in [0.717, 1.165) is 16.5 Å². The minimum atomic E-state index is -1.19. The Morgan fingerprint density at radius 1 is 1.00 bits per heavy atom. The van der Waals surface area contributed by atoms with Crippen LogP contribution in [0.2, 0.25) is 0 Å². The predicted octanol–water partition coefficient (Wildman–Crippen LogP) is 1.06. The van der Waals surface area contributed by atoms with Gasteiger partial charge in [0, 0.05) is 23.5 Å². The summed E-state index contributed by atoms with van der Waals surface area (Å²) in [6.45, 7) is 1.34. The Morgan fingerprint density at radius 2 is 1.69 bits per heavy atom. The third-order valence-corrected chi connectivity index (χ3v) is 5.19. The van der Waals surface area contributed by atoms with E-state index in [1.54, 1.807) is 18.3 Å². The number of aromatic amines is 1. The Bertz CT molecular complexity index is 1110. The Hall–Kier alpha value is -3.85. The summed E-state index contributed by atoms with van der Waals surface area (Å²) >= 11 is 0. The van der Waals surface area contributed by atoms with Gasteiger partial charge in [-0.05, 0) is 42.7 Å². The fourth-order valence-electron chi connectivity index (χ4n) is 3.36. The van der Waals surface area contributed by atoms with E-state index in [2.05, 4.69) is 15.6 Å². The zero-order valence-electron chi connectivity index (χ0n) is 17.5. The molecule has 3 atom stereocenters. The van der Waals surface area contributed by atoms with Gasteiger partial charge < -0.3 is 31.6 Å². The SMILES string of the molecule is CC(NC(=O)C(Cc1ccc(O)cc1)NC(=O)C(N)Cc1c[nH]c2ccccc12)C(=O)O. The van der Waals surface area contributed by atoms with Crippen molar-refractivity contribution in [2.75, 3.05) is 0 Å². The van der Waals surface area contributed by atoms with Crippen molar-refractivity contribution in [2.24, 2.45) is 5.73 Å². The number of para-hydroxylation sites is 1. The first kappa shape index (κ1) is 22.8. The summed E-state index contributed by atoms with van der Waals surface area (Å²) in [6.07, 6.45) is 2.16. The van der Waals surface area contributed by atoms with Gasteiger partial charge in [0.05, 0.1) is 6.04 Å². The maximum atomic E-state index is 12.8. The monoisotopic (exact) mass is 438 g/mol. The summed E-state index contributed by atoms with van der Waals surface area (Å²) in [5.74, 6) is -2.29. The number of aliphatic carboxylic acids is 1. The van der Waals surface area contributed by atoms with Crippen LogP contribution in [0, 0.1) is 0 Å². The number of benzene rings is 2. The lowest BCUT2D eigenvalue weighted by atomic mass is 10.0. The summed E-state index contributed by atoms with van der Waals surface area (Å²) < 4.78 is 0. The van der Waals surface area contributed by atoms with Crippen molar-refractivity contribution in [1.82, 2.24) is 15.6 Å². The lowest BCUT2D eigenvalue weighted by molar-refractivity contribution is -0.141. The van der Waals surface area contributed by atoms with Gasteiger partial charge in [0.15, 0.2) is 0 Å². The van der Waals surface area contributed by atoms with E-state index in [-0.39, 0.29) is 18.6 Å². The van der Waals surface area contributed by atoms with Crippen LogP contribution in [-0.2, 0) is 27.2 Å². The molecule has 0 bridgehead atoms. The second kappa shape index (κ2) is 9.97. The molecule has 0 spiro atoms. The number of H-pyrrole nitrogens is 1. The van der Waals surface area contributed by atoms with Gasteiger partial charge in [0.1, 0.15) is 17.8 Å². The number of hydrogen-bond acceptors (Lipinski definition) is 5. The van der Waals surface area contributed by atoms with Crippen LogP contribution in [0.4, 0.5) is 0 Å². The van der Waals surface area contributed by atoms with E-state index >= 15 is 0 Å². The molecule has 0 fully saturated rings. The number of carboxylic acid groups (broad SMARTS) is 1. The highest BCUT2D eigenvalue weighted by Crippen LogP contribution is 2.19. The van der Waals surface area contributed by atoms with Gasteiger partial charge in [-0.15, -0.1) is 0 Å². The zero-order valence-corrected chi connectivity index (χ0v) is 17.5. The molecule has 3 unspecified atom stereocenters. The molecule has 0 aliphatic carbocycles. The van der Waals surface area contributed by atoms with Crippen molar-refractivity contribution in [3.05, 3.63) is 65.9 Å². The number of carbonyl (C=O) groups excluding carboxylic acids is 2. The first-order chi connectivity index (χ1) is 15.2. The van der Waals surface area contributed by atoms with Crippen LogP contribution < -0.4 is 16.4 Å². The number of phenols is 1. The van der Waals surface area contributed by atoms with Gasteiger partial charge in [-0.1, -0.05) is 30.3 Å². The molecule has 2 aromatic carbocycles. The first-order valence-electron chi connectivity index (χ1n) is 10.2. The number of amides is 2. The van der Waals surface area contributed by atoms with Crippen molar-refractivity contribution < 1.29 is 24.6 Å². The van der Waals surface area contributed by atoms with Crippen LogP contribution in [0.3, 0.4) is 0 Å². The van der Waals surface area contributed by atoms with Gasteiger partial charge in [-0.25, -0.2) is 0 Å². The largest absolute Gasteiger partial charge is 0.508 e. The molecule has 0 aliphatic heterocycles. The van der Waals surface area contributed by atoms with Crippen molar-refractivity contribution in [3.63, 3.8) is 0 Å². The maximum absolute atomic E-state index is 12.8. The Balaban J connectivity index is 1.72. The minimum Gasteiger partial charge on any atom is -0.508 e. The summed E-state index contributed by atoms with van der Waals surface area (Å²) in [5, 5.41) is 24.5. The molecule has 0 saturated heterocycles. The molecule has 0 aliphatic rings. The molecule has 1 aromatic heterocycles. The second-order valence-electron chi connectivity index (χ2n) is 7.67. The number of phenolic OH excluding ortho intramolecular Hbond substituents is 1. The van der Waals surface area contributed by atoms with E-state index in [1.807, 2.05) is 24.3 Å². The molecule has 1 heterocycles. The lowest BCUT2D eigenvalue weighted by Gasteiger charge is -2.22. The third kappa shape index (κ3) is 5.64. The predicted molar refractivity (Wildman–Crippen MR) is 119 cm³/mol. The van der Waals surface area contributed by atoms with Gasteiger partial charge >= 0.3 is 5.97 Å². The molecule has 168 valence electrons. The fraction of sp³-hybridized carbons (Fsp3) is 0.261. The Morgan fingerprint density at radius 3 is 2.38 bits per heavy atom. The van der Waals surface area contributed by atoms with Crippen LogP contribution in [-0.4, -0.2) is 51.1 Å². The second-order valence-corrected chi connectivity index (χ2v) is 7.67. The number of aromatic nitrogens is 1. The van der Waals surface area contributed by atoms with Crippen molar-refractivity contribution >= 4 is 28.7 Å². The lowest BCUT2D eigenvalue weighted by Crippen LogP contribution is -2.55. The molecular weight excluding hydrogens is 412 g/mol. The van der Waals surface area contributed by atoms with E-state index in [9.17, 15) is 19.5 Å². The Labute approximate surface area is 184 Å². The maximum Gasteiger partial charge on any atom is 0.325 e. The van der Waals surface area contributed by atoms with Crippen LogP contribution in [0.1, 0.15) is 18.1 Å². The number of carbonyl (C=O) groups is 3. The third-order valence-electron chi connectivity index (χ3n) is 5.19. The molecule has 3 rings (SSSR count). The van der Waals surface area contributed by atoms with E-state index < -0.39 is 35.9 Å². The van der Waals surface area contributed by atoms with Crippen LogP contribution >= 0.6 is 0 Å². The van der Waals surface area contributed by atoms with E-state index in [4.69, 9.17) is 10.8 Å². The number of aromatic hydroxyl groups is 1. The standard InChI is InChI=1S/C23H26N4O5/c1-13(23(31)32)26-22(30)20(10-14-6-8-16(28)9-7-14)27-21(29)18(24)11-15-12-25-19-5-3-2-4-17(15)19/h2-9,12-13,18,20,25,28H,10-11,24H2,1H3,(H,26,30)(H,27,29)(H,31,32). The number of fused-ring (bicyclic) bond motifs is 1. The van der Waals surface area contributed by atoms with Crippen LogP contribution in [0.15, 0.2) is 54.7 Å². The molecular formula is C23H26N4O5. The van der Waals surface area contributed by atoms with Gasteiger partial charge in [-0.2, -0.15) is 0 Å². The number of carboxylic acids is 1. The molecule has 9 heteroatoms. The molecule has 2 amide bonds. The van der Waals surface area contributed by atoms with Gasteiger partial charge in [0.25, 0.3) is 0 Å². The van der Waals surface area contributed by atoms with E-state index in [1.165, 1.54) is 19.1 Å². The molecule has 7 N–H and O–H groups in total. The van der Waals surface area contributed by atoms with Crippen LogP contribution in [0.25, 0.3) is 10.9 Å². The van der Waals surface area contributed by atoms with Gasteiger partial charge in [-0.3, -0.25) is 14.4 Å². The highest BCUT2D eigenvalue weighted by molar-refractivity contribution is 5.92. The summed E-state index contributed by atoms with van der Waals surface area (Å²) in [6, 6.07) is 10.7. The van der Waals surface area contributed by atoms with E-state index in [0.29, 0.717) is 5.56 Å². The number of hydrogen-bond donors (Lipinski definition) is 6. The molecule has 32 heavy (non-hydrogen) atoms. The zero-order chi connectivity index (χ0) is 23.3. The topological polar surface area (TPSA) is 158 Å². The average Bonchev–Trinajstić information content (AvgIpc) is 3.17. The smallest absolute Gasteiger partial charge is 0.325 e. The molecule has 0 saturated carbocycles. The van der Waals surface area contributed by atoms with Crippen molar-refractivity contribution in [1.29, 1.82) is 0 Å². The summed E-state index contributed by atoms with van der Waals surface area (Å²) in [5.41, 5.74) is 8.61. The average molecular weight is 438 g/mol. The Kier molecular flexibility index (Phi) is 7.11. The summed E-state index contributed by atoms with van der Waals surface area (Å²) in [7, 11) is 0. The van der Waals surface area contributed by atoms with Crippen molar-refractivity contribution in [3.8, 4) is 5.75 Å². The quantitative estimate of drug-likeness (QED) is 0.293. The fourth-order valence-corrected chi connectivity index (χ4v) is 3.36. The highest BCUT2D eigenvalue weighted by Gasteiger charge is 2.27. The minimum absolute atomic E-state index is 0.0686. The molecule has 3 aromatic rings. The summed E-state index contributed by atoms with van der Waals surface area (Å²) in [4.78, 5) is 39.7. The van der Waals surface area contributed by atoms with Crippen molar-refractivity contribution in [2.45, 2.75) is 37.9 Å². The highest BCUT2D eigenvalue weighted by atomic mass is 16.4.